The van der Waals surface area contributed by atoms with Crippen molar-refractivity contribution >= 4 is 40.1 Å². The number of nitrogens with one attached hydrogen (secondary N) is 1. The van der Waals surface area contributed by atoms with Gasteiger partial charge in [-0.1, -0.05) is 11.6 Å². The highest BCUT2D eigenvalue weighted by Crippen LogP contribution is 2.31. The van der Waals surface area contributed by atoms with Crippen LogP contribution in [0.3, 0.4) is 0 Å². The Morgan fingerprint density at radius 3 is 2.66 bits per heavy atom. The number of anilines is 1. The summed E-state index contributed by atoms with van der Waals surface area (Å²) < 4.78 is 0. The summed E-state index contributed by atoms with van der Waals surface area (Å²) in [5.74, 6) is 0.769. The average Bonchev–Trinajstić information content (AvgIpc) is 3.64. The molecule has 170 valence electrons. The topological polar surface area (TPSA) is 68.8 Å². The second kappa shape index (κ2) is 9.14. The highest BCUT2D eigenvalue weighted by Gasteiger charge is 2.33. The molecule has 2 aromatic rings. The first-order valence-corrected chi connectivity index (χ1v) is 12.1. The standard InChI is InChI=1S/C24H30ClN5O2/c25-18-6-7-19-21(15-18)26-9-8-22(19)28-11-13-29(14-12-28)24(32)27-20-3-1-2-10-30(23(20)31)16-17-4-5-17/h6-9,15,17,20H,1-5,10-14,16H2,(H,27,32). The number of piperazine rings is 1. The van der Waals surface area contributed by atoms with Crippen LogP contribution in [0.5, 0.6) is 0 Å². The lowest BCUT2D eigenvalue weighted by molar-refractivity contribution is -0.132. The maximum atomic E-state index is 13.0. The minimum atomic E-state index is -0.393. The van der Waals surface area contributed by atoms with Gasteiger partial charge in [0.1, 0.15) is 6.04 Å². The van der Waals surface area contributed by atoms with Crippen LogP contribution in [-0.2, 0) is 4.79 Å². The molecule has 8 heteroatoms. The SMILES string of the molecule is O=C(NC1CCCCN(CC2CC2)C1=O)N1CCN(c2ccnc3cc(Cl)ccc23)CC1. The summed E-state index contributed by atoms with van der Waals surface area (Å²) in [4.78, 5) is 36.5. The largest absolute Gasteiger partial charge is 0.367 e. The molecule has 1 aliphatic carbocycles. The smallest absolute Gasteiger partial charge is 0.318 e. The van der Waals surface area contributed by atoms with Crippen LogP contribution in [0.1, 0.15) is 32.1 Å². The number of benzene rings is 1. The van der Waals surface area contributed by atoms with E-state index in [-0.39, 0.29) is 11.9 Å². The van der Waals surface area contributed by atoms with Gasteiger partial charge in [-0.05, 0) is 62.3 Å². The Morgan fingerprint density at radius 1 is 1.06 bits per heavy atom. The number of hydrogen-bond acceptors (Lipinski definition) is 4. The van der Waals surface area contributed by atoms with E-state index in [4.69, 9.17) is 11.6 Å². The summed E-state index contributed by atoms with van der Waals surface area (Å²) >= 11 is 6.12. The minimum absolute atomic E-state index is 0.100. The molecule has 2 saturated heterocycles. The number of nitrogens with zero attached hydrogens (tertiary/aromatic N) is 4. The van der Waals surface area contributed by atoms with E-state index < -0.39 is 6.04 Å². The van der Waals surface area contributed by atoms with E-state index in [1.807, 2.05) is 34.1 Å². The molecule has 3 fully saturated rings. The zero-order valence-electron chi connectivity index (χ0n) is 18.3. The maximum absolute atomic E-state index is 13.0. The summed E-state index contributed by atoms with van der Waals surface area (Å²) in [5.41, 5.74) is 1.99. The molecular formula is C24H30ClN5O2. The third kappa shape index (κ3) is 4.63. The van der Waals surface area contributed by atoms with Crippen LogP contribution in [0.25, 0.3) is 10.9 Å². The Labute approximate surface area is 193 Å². The zero-order valence-corrected chi connectivity index (χ0v) is 19.1. The number of urea groups is 1. The molecule has 1 unspecified atom stereocenters. The molecule has 2 aliphatic heterocycles. The minimum Gasteiger partial charge on any atom is -0.367 e. The summed E-state index contributed by atoms with van der Waals surface area (Å²) in [6.45, 7) is 4.40. The van der Waals surface area contributed by atoms with Crippen molar-refractivity contribution in [3.05, 3.63) is 35.5 Å². The number of fused-ring (bicyclic) bond motifs is 1. The molecule has 1 atom stereocenters. The van der Waals surface area contributed by atoms with E-state index in [1.165, 1.54) is 12.8 Å². The summed E-state index contributed by atoms with van der Waals surface area (Å²) in [6.07, 6.45) is 6.99. The fraction of sp³-hybridized carbons (Fsp3) is 0.542. The second-order valence-corrected chi connectivity index (χ2v) is 9.63. The number of aromatic nitrogens is 1. The van der Waals surface area contributed by atoms with Crippen LogP contribution >= 0.6 is 11.6 Å². The fourth-order valence-electron chi connectivity index (χ4n) is 4.81. The molecule has 0 bridgehead atoms. The van der Waals surface area contributed by atoms with Crippen molar-refractivity contribution in [1.82, 2.24) is 20.1 Å². The van der Waals surface area contributed by atoms with E-state index in [1.54, 1.807) is 6.20 Å². The number of hydrogen-bond donors (Lipinski definition) is 1. The number of pyridine rings is 1. The predicted octanol–water partition coefficient (Wildman–Crippen LogP) is 3.51. The van der Waals surface area contributed by atoms with Gasteiger partial charge in [0.15, 0.2) is 0 Å². The quantitative estimate of drug-likeness (QED) is 0.766. The first kappa shape index (κ1) is 21.3. The molecule has 7 nitrogen and oxygen atoms in total. The molecule has 1 N–H and O–H groups in total. The number of rotatable bonds is 4. The van der Waals surface area contributed by atoms with Crippen molar-refractivity contribution in [2.24, 2.45) is 5.92 Å². The van der Waals surface area contributed by atoms with Gasteiger partial charge in [0.25, 0.3) is 0 Å². The van der Waals surface area contributed by atoms with Crippen molar-refractivity contribution in [2.75, 3.05) is 44.2 Å². The summed E-state index contributed by atoms with van der Waals surface area (Å²) in [5, 5.41) is 4.78. The van der Waals surface area contributed by atoms with E-state index in [9.17, 15) is 9.59 Å². The number of likely N-dealkylation sites (tertiary alicyclic amines) is 1. The zero-order chi connectivity index (χ0) is 22.1. The molecule has 0 radical (unpaired) electrons. The van der Waals surface area contributed by atoms with Crippen LogP contribution in [0.2, 0.25) is 5.02 Å². The second-order valence-electron chi connectivity index (χ2n) is 9.19. The number of amides is 3. The number of carbonyl (C=O) groups is 2. The molecule has 3 aliphatic rings. The van der Waals surface area contributed by atoms with Crippen molar-refractivity contribution in [1.29, 1.82) is 0 Å². The first-order valence-electron chi connectivity index (χ1n) is 11.7. The molecule has 32 heavy (non-hydrogen) atoms. The van der Waals surface area contributed by atoms with Gasteiger partial charge in [0.2, 0.25) is 5.91 Å². The van der Waals surface area contributed by atoms with Gasteiger partial charge in [-0.25, -0.2) is 4.79 Å². The molecule has 1 aromatic heterocycles. The Hall–Kier alpha value is -2.54. The first-order chi connectivity index (χ1) is 15.6. The van der Waals surface area contributed by atoms with E-state index in [0.717, 1.165) is 62.0 Å². The van der Waals surface area contributed by atoms with Gasteiger partial charge in [-0.3, -0.25) is 9.78 Å². The van der Waals surface area contributed by atoms with E-state index >= 15 is 0 Å². The molecule has 3 amide bonds. The Morgan fingerprint density at radius 2 is 1.88 bits per heavy atom. The van der Waals surface area contributed by atoms with Gasteiger partial charge < -0.3 is 20.0 Å². The number of carbonyl (C=O) groups excluding carboxylic acids is 2. The third-order valence-corrected chi connectivity index (χ3v) is 7.08. The Bertz CT molecular complexity index is 1000. The van der Waals surface area contributed by atoms with Crippen molar-refractivity contribution < 1.29 is 9.59 Å². The van der Waals surface area contributed by atoms with Crippen molar-refractivity contribution in [3.63, 3.8) is 0 Å². The molecule has 3 heterocycles. The van der Waals surface area contributed by atoms with Crippen molar-refractivity contribution in [3.8, 4) is 0 Å². The summed E-state index contributed by atoms with van der Waals surface area (Å²) in [7, 11) is 0. The molecule has 1 saturated carbocycles. The van der Waals surface area contributed by atoms with Crippen LogP contribution < -0.4 is 10.2 Å². The van der Waals surface area contributed by atoms with Crippen LogP contribution in [0.15, 0.2) is 30.5 Å². The molecular weight excluding hydrogens is 426 g/mol. The average molecular weight is 456 g/mol. The number of halogens is 1. The van der Waals surface area contributed by atoms with Crippen LogP contribution in [0, 0.1) is 5.92 Å². The van der Waals surface area contributed by atoms with Gasteiger partial charge in [-0.2, -0.15) is 0 Å². The van der Waals surface area contributed by atoms with Gasteiger partial charge >= 0.3 is 6.03 Å². The fourth-order valence-corrected chi connectivity index (χ4v) is 4.97. The van der Waals surface area contributed by atoms with E-state index in [2.05, 4.69) is 15.2 Å². The normalized spacial score (nSPS) is 22.2. The van der Waals surface area contributed by atoms with Gasteiger partial charge in [-0.15, -0.1) is 0 Å². The van der Waals surface area contributed by atoms with Crippen LogP contribution in [0.4, 0.5) is 10.5 Å². The molecule has 5 rings (SSSR count). The Balaban J connectivity index is 1.20. The lowest BCUT2D eigenvalue weighted by atomic mass is 10.1. The lowest BCUT2D eigenvalue weighted by Gasteiger charge is -2.37. The van der Waals surface area contributed by atoms with E-state index in [0.29, 0.717) is 24.0 Å². The van der Waals surface area contributed by atoms with Gasteiger partial charge in [0.05, 0.1) is 5.52 Å². The highest BCUT2D eigenvalue weighted by atomic mass is 35.5. The monoisotopic (exact) mass is 455 g/mol. The lowest BCUT2D eigenvalue weighted by Crippen LogP contribution is -2.56. The predicted molar refractivity (Wildman–Crippen MR) is 126 cm³/mol. The highest BCUT2D eigenvalue weighted by molar-refractivity contribution is 6.31. The molecule has 1 aromatic carbocycles. The summed E-state index contributed by atoms with van der Waals surface area (Å²) in [6, 6.07) is 7.27. The molecule has 0 spiro atoms. The maximum Gasteiger partial charge on any atom is 0.318 e. The third-order valence-electron chi connectivity index (χ3n) is 6.84. The van der Waals surface area contributed by atoms with Crippen LogP contribution in [-0.4, -0.2) is 72.0 Å². The van der Waals surface area contributed by atoms with Crippen molar-refractivity contribution in [2.45, 2.75) is 38.1 Å². The van der Waals surface area contributed by atoms with Gasteiger partial charge in [0, 0.05) is 61.6 Å². The Kier molecular flexibility index (Phi) is 6.09.